The highest BCUT2D eigenvalue weighted by atomic mass is 16.6. The summed E-state index contributed by atoms with van der Waals surface area (Å²) in [5.41, 5.74) is 3.89. The third-order valence-electron chi connectivity index (χ3n) is 6.12. The molecular weight excluding hydrogens is 381 g/mol. The van der Waals surface area contributed by atoms with Crippen LogP contribution < -0.4 is 10.8 Å². The molecule has 1 saturated heterocycles. The maximum atomic E-state index is 6.82. The average molecular weight is 411 g/mol. The fourth-order valence-corrected chi connectivity index (χ4v) is 4.17. The topological polar surface area (TPSA) is 30.5 Å². The third-order valence-corrected chi connectivity index (χ3v) is 6.12. The second-order valence-corrected chi connectivity index (χ2v) is 8.38. The highest BCUT2D eigenvalue weighted by Crippen LogP contribution is 2.33. The minimum absolute atomic E-state index is 0.136. The van der Waals surface area contributed by atoms with Crippen molar-refractivity contribution in [1.29, 1.82) is 0 Å². The van der Waals surface area contributed by atoms with Gasteiger partial charge in [0.15, 0.2) is 0 Å². The minimum Gasteiger partial charge on any atom is -0.399 e. The number of hydrogen-bond acceptors (Lipinski definition) is 3. The van der Waals surface area contributed by atoms with E-state index in [4.69, 9.17) is 9.31 Å². The van der Waals surface area contributed by atoms with Gasteiger partial charge < -0.3 is 14.6 Å². The lowest BCUT2D eigenvalue weighted by Gasteiger charge is -2.34. The first-order valence-electron chi connectivity index (χ1n) is 11.0. The van der Waals surface area contributed by atoms with Crippen molar-refractivity contribution in [2.24, 2.45) is 0 Å². The van der Waals surface area contributed by atoms with Crippen molar-refractivity contribution >= 4 is 18.7 Å². The van der Waals surface area contributed by atoms with Crippen molar-refractivity contribution < 1.29 is 9.31 Å². The smallest absolute Gasteiger partial charge is 0.399 e. The summed E-state index contributed by atoms with van der Waals surface area (Å²) >= 11 is 0. The van der Waals surface area contributed by atoms with Crippen LogP contribution in [0.25, 0.3) is 6.08 Å². The molecule has 0 radical (unpaired) electrons. The minimum atomic E-state index is -0.503. The van der Waals surface area contributed by atoms with Crippen LogP contribution in [0.2, 0.25) is 0 Å². The molecule has 4 rings (SSSR count). The van der Waals surface area contributed by atoms with Crippen LogP contribution >= 0.6 is 0 Å². The first-order chi connectivity index (χ1) is 15.1. The summed E-state index contributed by atoms with van der Waals surface area (Å²) in [6.45, 7) is 9.04. The molecule has 3 nitrogen and oxygen atoms in total. The van der Waals surface area contributed by atoms with Crippen LogP contribution in [-0.4, -0.2) is 19.7 Å². The molecule has 0 aliphatic carbocycles. The summed E-state index contributed by atoms with van der Waals surface area (Å²) in [4.78, 5) is 0. The van der Waals surface area contributed by atoms with E-state index in [2.05, 4.69) is 98.5 Å². The van der Waals surface area contributed by atoms with Crippen molar-refractivity contribution in [1.82, 2.24) is 5.32 Å². The van der Waals surface area contributed by atoms with Gasteiger partial charge in [-0.2, -0.15) is 0 Å². The summed E-state index contributed by atoms with van der Waals surface area (Å²) < 4.78 is 13.6. The van der Waals surface area contributed by atoms with E-state index in [-0.39, 0.29) is 12.1 Å². The molecule has 1 aliphatic heterocycles. The number of benzene rings is 3. The highest BCUT2D eigenvalue weighted by molar-refractivity contribution is 6.61. The Kier molecular flexibility index (Phi) is 6.72. The van der Waals surface area contributed by atoms with Gasteiger partial charge in [0.1, 0.15) is 0 Å². The van der Waals surface area contributed by atoms with Gasteiger partial charge in [0.2, 0.25) is 0 Å². The molecule has 0 spiro atoms. The van der Waals surface area contributed by atoms with Gasteiger partial charge in [0.25, 0.3) is 0 Å². The van der Waals surface area contributed by atoms with Crippen molar-refractivity contribution in [2.45, 2.75) is 38.0 Å². The van der Waals surface area contributed by atoms with E-state index >= 15 is 0 Å². The van der Waals surface area contributed by atoms with Crippen molar-refractivity contribution in [3.05, 3.63) is 108 Å². The lowest BCUT2D eigenvalue weighted by atomic mass is 9.75. The molecule has 3 aromatic rings. The second kappa shape index (κ2) is 9.65. The molecule has 0 bridgehead atoms. The van der Waals surface area contributed by atoms with Gasteiger partial charge in [-0.1, -0.05) is 97.6 Å². The molecule has 0 saturated carbocycles. The van der Waals surface area contributed by atoms with Gasteiger partial charge in [-0.3, -0.25) is 0 Å². The lowest BCUT2D eigenvalue weighted by molar-refractivity contribution is 0.0378. The highest BCUT2D eigenvalue weighted by Gasteiger charge is 2.39. The van der Waals surface area contributed by atoms with Gasteiger partial charge >= 0.3 is 7.12 Å². The van der Waals surface area contributed by atoms with E-state index in [0.29, 0.717) is 0 Å². The molecule has 1 heterocycles. The van der Waals surface area contributed by atoms with Gasteiger partial charge in [0, 0.05) is 6.04 Å². The molecule has 0 amide bonds. The third kappa shape index (κ3) is 4.99. The Morgan fingerprint density at radius 1 is 0.968 bits per heavy atom. The molecule has 3 atom stereocenters. The molecule has 0 unspecified atom stereocenters. The fraction of sp³-hybridized carbons (Fsp3) is 0.259. The Hall–Kier alpha value is -2.66. The lowest BCUT2D eigenvalue weighted by Crippen LogP contribution is -2.45. The average Bonchev–Trinajstić information content (AvgIpc) is 2.89. The quantitative estimate of drug-likeness (QED) is 0.607. The predicted molar refractivity (Wildman–Crippen MR) is 129 cm³/mol. The van der Waals surface area contributed by atoms with Crippen LogP contribution in [-0.2, 0) is 14.9 Å². The Morgan fingerprint density at radius 2 is 1.61 bits per heavy atom. The van der Waals surface area contributed by atoms with E-state index in [0.717, 1.165) is 35.1 Å². The van der Waals surface area contributed by atoms with E-state index in [1.54, 1.807) is 0 Å². The fourth-order valence-electron chi connectivity index (χ4n) is 4.17. The second-order valence-electron chi connectivity index (χ2n) is 8.38. The van der Waals surface area contributed by atoms with E-state index in [1.165, 1.54) is 0 Å². The SMILES string of the molecule is C=Cc1ccc(B2O[C@H](c3ccccc3)[C@H](C)NCC[C@@](C)(c3ccccc3)O2)cc1. The zero-order valence-corrected chi connectivity index (χ0v) is 18.3. The molecular formula is C27H30BNO2. The summed E-state index contributed by atoms with van der Waals surface area (Å²) in [5, 5.41) is 3.67. The van der Waals surface area contributed by atoms with Gasteiger partial charge in [-0.15, -0.1) is 0 Å². The van der Waals surface area contributed by atoms with Crippen LogP contribution in [0.4, 0.5) is 0 Å². The van der Waals surface area contributed by atoms with Crippen molar-refractivity contribution in [2.75, 3.05) is 6.54 Å². The zero-order valence-electron chi connectivity index (χ0n) is 18.3. The maximum Gasteiger partial charge on any atom is 0.495 e. The number of nitrogens with one attached hydrogen (secondary N) is 1. The standard InChI is InChI=1S/C27H30BNO2/c1-4-22-15-17-25(18-16-22)28-30-26(23-11-7-5-8-12-23)21(2)29-20-19-27(3,31-28)24-13-9-6-10-14-24/h4-18,21,26,29H,1,19-20H2,2-3H3/t21-,26-,27-/m0/s1. The predicted octanol–water partition coefficient (Wildman–Crippen LogP) is 5.10. The van der Waals surface area contributed by atoms with Gasteiger partial charge in [0.05, 0.1) is 11.7 Å². The van der Waals surface area contributed by atoms with E-state index < -0.39 is 12.7 Å². The molecule has 1 N–H and O–H groups in total. The van der Waals surface area contributed by atoms with Gasteiger partial charge in [-0.25, -0.2) is 0 Å². The summed E-state index contributed by atoms with van der Waals surface area (Å²) in [6, 6.07) is 29.2. The monoisotopic (exact) mass is 411 g/mol. The molecule has 0 aromatic heterocycles. The molecule has 158 valence electrons. The number of rotatable bonds is 4. The van der Waals surface area contributed by atoms with E-state index in [9.17, 15) is 0 Å². The molecule has 31 heavy (non-hydrogen) atoms. The largest absolute Gasteiger partial charge is 0.495 e. The molecule has 3 aromatic carbocycles. The van der Waals surface area contributed by atoms with Crippen molar-refractivity contribution in [3.8, 4) is 0 Å². The summed E-state index contributed by atoms with van der Waals surface area (Å²) in [6.07, 6.45) is 2.55. The summed E-state index contributed by atoms with van der Waals surface area (Å²) in [5.74, 6) is 0. The molecule has 1 fully saturated rings. The first kappa shape index (κ1) is 21.6. The maximum absolute atomic E-state index is 6.82. The van der Waals surface area contributed by atoms with E-state index in [1.807, 2.05) is 18.2 Å². The van der Waals surface area contributed by atoms with Crippen LogP contribution in [0.15, 0.2) is 91.5 Å². The van der Waals surface area contributed by atoms with Crippen LogP contribution in [0.3, 0.4) is 0 Å². The summed E-state index contributed by atoms with van der Waals surface area (Å²) in [7, 11) is -0.503. The Bertz CT molecular complexity index is 977. The Balaban J connectivity index is 1.74. The van der Waals surface area contributed by atoms with Crippen molar-refractivity contribution in [3.63, 3.8) is 0 Å². The first-order valence-corrected chi connectivity index (χ1v) is 11.0. The Morgan fingerprint density at radius 3 is 2.26 bits per heavy atom. The molecule has 1 aliphatic rings. The van der Waals surface area contributed by atoms with Crippen LogP contribution in [0, 0.1) is 0 Å². The Labute approximate surface area is 186 Å². The normalized spacial score (nSPS) is 24.6. The zero-order chi connectivity index (χ0) is 21.7. The molecule has 4 heteroatoms. The van der Waals surface area contributed by atoms with Gasteiger partial charge in [-0.05, 0) is 49.0 Å². The number of hydrogen-bond donors (Lipinski definition) is 1. The van der Waals surface area contributed by atoms with Crippen LogP contribution in [0.1, 0.15) is 43.1 Å². The van der Waals surface area contributed by atoms with Crippen LogP contribution in [0.5, 0.6) is 0 Å².